The van der Waals surface area contributed by atoms with Crippen LogP contribution in [0.25, 0.3) is 0 Å². The van der Waals surface area contributed by atoms with E-state index in [1.807, 2.05) is 11.4 Å². The minimum Gasteiger partial charge on any atom is -0.346 e. The molecule has 4 rings (SSSR count). The van der Waals surface area contributed by atoms with Crippen LogP contribution in [-0.2, 0) is 11.3 Å². The number of rotatable bonds is 7. The highest BCUT2D eigenvalue weighted by Crippen LogP contribution is 2.18. The fraction of sp³-hybridized carbons (Fsp3) is 0.320. The van der Waals surface area contributed by atoms with Crippen molar-refractivity contribution in [2.45, 2.75) is 25.6 Å². The van der Waals surface area contributed by atoms with E-state index >= 15 is 0 Å². The molecule has 3 N–H and O–H groups in total. The summed E-state index contributed by atoms with van der Waals surface area (Å²) in [6, 6.07) is 26.1. The summed E-state index contributed by atoms with van der Waals surface area (Å²) in [6.45, 7) is 6.85. The van der Waals surface area contributed by atoms with Crippen molar-refractivity contribution in [1.29, 1.82) is 0 Å². The van der Waals surface area contributed by atoms with E-state index in [-0.39, 0.29) is 11.9 Å². The molecule has 1 aromatic heterocycles. The molecule has 0 radical (unpaired) electrons. The number of amides is 1. The molecule has 2 heterocycles. The van der Waals surface area contributed by atoms with Crippen molar-refractivity contribution in [3.8, 4) is 0 Å². The van der Waals surface area contributed by atoms with Gasteiger partial charge in [0.15, 0.2) is 6.04 Å². The highest BCUT2D eigenvalue weighted by molar-refractivity contribution is 7.09. The number of nitrogens with one attached hydrogen (secondary N) is 3. The van der Waals surface area contributed by atoms with Gasteiger partial charge in [-0.1, -0.05) is 66.7 Å². The molecule has 3 aromatic rings. The number of hydrogen-bond donors (Lipinski definition) is 3. The SMILES string of the molecule is C[C@@H](C(=O)NCc1cccs1)[NH+]1CC[NH+](C(c2ccccc2)c2ccccc2)CC1. The molecule has 4 nitrogen and oxygen atoms in total. The molecule has 0 saturated carbocycles. The van der Waals surface area contributed by atoms with Crippen LogP contribution in [0.2, 0.25) is 0 Å². The van der Waals surface area contributed by atoms with Gasteiger partial charge in [-0.25, -0.2) is 0 Å². The van der Waals surface area contributed by atoms with Gasteiger partial charge < -0.3 is 15.1 Å². The van der Waals surface area contributed by atoms with Crippen molar-refractivity contribution >= 4 is 17.2 Å². The zero-order valence-corrected chi connectivity index (χ0v) is 18.3. The lowest BCUT2D eigenvalue weighted by Crippen LogP contribution is -3.30. The Morgan fingerprint density at radius 1 is 0.867 bits per heavy atom. The van der Waals surface area contributed by atoms with Crippen LogP contribution in [0.3, 0.4) is 0 Å². The Morgan fingerprint density at radius 3 is 1.97 bits per heavy atom. The quantitative estimate of drug-likeness (QED) is 0.529. The molecule has 0 spiro atoms. The summed E-state index contributed by atoms with van der Waals surface area (Å²) in [5.41, 5.74) is 2.73. The molecule has 1 atom stereocenters. The summed E-state index contributed by atoms with van der Waals surface area (Å²) < 4.78 is 0. The molecule has 0 bridgehead atoms. The van der Waals surface area contributed by atoms with Crippen LogP contribution in [0.4, 0.5) is 0 Å². The number of hydrogen-bond acceptors (Lipinski definition) is 2. The lowest BCUT2D eigenvalue weighted by Gasteiger charge is -2.36. The first-order valence-electron chi connectivity index (χ1n) is 10.8. The van der Waals surface area contributed by atoms with Gasteiger partial charge in [-0.05, 0) is 18.4 Å². The predicted octanol–water partition coefficient (Wildman–Crippen LogP) is 1.33. The zero-order valence-electron chi connectivity index (χ0n) is 17.5. The van der Waals surface area contributed by atoms with E-state index in [1.54, 1.807) is 16.2 Å². The van der Waals surface area contributed by atoms with Gasteiger partial charge >= 0.3 is 0 Å². The third-order valence-electron chi connectivity index (χ3n) is 6.23. The maximum Gasteiger partial charge on any atom is 0.278 e. The molecule has 0 aliphatic carbocycles. The maximum atomic E-state index is 12.7. The summed E-state index contributed by atoms with van der Waals surface area (Å²) >= 11 is 1.69. The average molecular weight is 422 g/mol. The Labute approximate surface area is 183 Å². The number of benzene rings is 2. The molecule has 1 aliphatic heterocycles. The first-order chi connectivity index (χ1) is 14.7. The molecule has 0 unspecified atom stereocenters. The van der Waals surface area contributed by atoms with Crippen LogP contribution in [0.5, 0.6) is 0 Å². The number of carbonyl (C=O) groups is 1. The van der Waals surface area contributed by atoms with E-state index in [0.717, 1.165) is 26.2 Å². The number of carbonyl (C=O) groups excluding carboxylic acids is 1. The predicted molar refractivity (Wildman–Crippen MR) is 122 cm³/mol. The summed E-state index contributed by atoms with van der Waals surface area (Å²) in [5.74, 6) is 0.157. The summed E-state index contributed by atoms with van der Waals surface area (Å²) in [6.07, 6.45) is 0. The van der Waals surface area contributed by atoms with Crippen LogP contribution in [0, 0.1) is 0 Å². The van der Waals surface area contributed by atoms with E-state index in [2.05, 4.69) is 79.0 Å². The van der Waals surface area contributed by atoms with E-state index in [1.165, 1.54) is 20.9 Å². The number of thiophene rings is 1. The highest BCUT2D eigenvalue weighted by atomic mass is 32.1. The second-order valence-electron chi connectivity index (χ2n) is 8.09. The van der Waals surface area contributed by atoms with Gasteiger partial charge in [-0.2, -0.15) is 0 Å². The number of piperazine rings is 1. The number of quaternary nitrogens is 2. The highest BCUT2D eigenvalue weighted by Gasteiger charge is 2.35. The average Bonchev–Trinajstić information content (AvgIpc) is 3.33. The van der Waals surface area contributed by atoms with Crippen LogP contribution in [-0.4, -0.2) is 38.1 Å². The molecule has 30 heavy (non-hydrogen) atoms. The second kappa shape index (κ2) is 10.0. The molecule has 1 fully saturated rings. The largest absolute Gasteiger partial charge is 0.346 e. The molecule has 156 valence electrons. The van der Waals surface area contributed by atoms with Gasteiger partial charge in [0.05, 0.1) is 6.54 Å². The minimum atomic E-state index is -0.0154. The monoisotopic (exact) mass is 421 g/mol. The molecular weight excluding hydrogens is 390 g/mol. The van der Waals surface area contributed by atoms with Crippen molar-refractivity contribution in [2.75, 3.05) is 26.2 Å². The van der Waals surface area contributed by atoms with Crippen LogP contribution in [0.1, 0.15) is 29.0 Å². The lowest BCUT2D eigenvalue weighted by molar-refractivity contribution is -1.03. The summed E-state index contributed by atoms with van der Waals surface area (Å²) in [7, 11) is 0. The molecular formula is C25H31N3OS+2. The Hall–Kier alpha value is -2.47. The topological polar surface area (TPSA) is 38.0 Å². The van der Waals surface area contributed by atoms with Crippen LogP contribution >= 0.6 is 11.3 Å². The van der Waals surface area contributed by atoms with Crippen LogP contribution in [0.15, 0.2) is 78.2 Å². The van der Waals surface area contributed by atoms with Crippen molar-refractivity contribution in [1.82, 2.24) is 5.32 Å². The van der Waals surface area contributed by atoms with Gasteiger partial charge in [0.25, 0.3) is 5.91 Å². The van der Waals surface area contributed by atoms with E-state index in [4.69, 9.17) is 0 Å². The minimum absolute atomic E-state index is 0.0154. The fourth-order valence-electron chi connectivity index (χ4n) is 4.49. The Kier molecular flexibility index (Phi) is 6.95. The molecule has 1 saturated heterocycles. The molecule has 5 heteroatoms. The van der Waals surface area contributed by atoms with Crippen molar-refractivity contribution < 1.29 is 14.6 Å². The molecule has 2 aromatic carbocycles. The lowest BCUT2D eigenvalue weighted by atomic mass is 9.96. The summed E-state index contributed by atoms with van der Waals surface area (Å²) in [5, 5.41) is 5.16. The third kappa shape index (κ3) is 4.98. The standard InChI is InChI=1S/C25H29N3OS/c1-20(25(29)26-19-23-13-8-18-30-23)27-14-16-28(17-15-27)24(21-9-4-2-5-10-21)22-11-6-3-7-12-22/h2-13,18,20,24H,14-17,19H2,1H3,(H,26,29)/p+2/t20-/m0/s1. The van der Waals surface area contributed by atoms with Crippen molar-refractivity contribution in [3.63, 3.8) is 0 Å². The van der Waals surface area contributed by atoms with Crippen molar-refractivity contribution in [2.24, 2.45) is 0 Å². The third-order valence-corrected chi connectivity index (χ3v) is 7.11. The molecule has 1 aliphatic rings. The van der Waals surface area contributed by atoms with Gasteiger partial charge in [0, 0.05) is 16.0 Å². The van der Waals surface area contributed by atoms with Crippen molar-refractivity contribution in [3.05, 3.63) is 94.2 Å². The first-order valence-corrected chi connectivity index (χ1v) is 11.7. The molecule has 1 amide bonds. The Bertz CT molecular complexity index is 867. The zero-order chi connectivity index (χ0) is 20.8. The first kappa shape index (κ1) is 20.8. The van der Waals surface area contributed by atoms with Gasteiger partial charge in [0.2, 0.25) is 0 Å². The Morgan fingerprint density at radius 2 is 1.43 bits per heavy atom. The van der Waals surface area contributed by atoms with Gasteiger partial charge in [-0.3, -0.25) is 4.79 Å². The maximum absolute atomic E-state index is 12.7. The van der Waals surface area contributed by atoms with E-state index < -0.39 is 0 Å². The smallest absolute Gasteiger partial charge is 0.278 e. The fourth-order valence-corrected chi connectivity index (χ4v) is 5.14. The van der Waals surface area contributed by atoms with Gasteiger partial charge in [-0.15, -0.1) is 11.3 Å². The second-order valence-corrected chi connectivity index (χ2v) is 9.12. The van der Waals surface area contributed by atoms with E-state index in [9.17, 15) is 4.79 Å². The summed E-state index contributed by atoms with van der Waals surface area (Å²) in [4.78, 5) is 16.8. The van der Waals surface area contributed by atoms with E-state index in [0.29, 0.717) is 12.6 Å². The Balaban J connectivity index is 1.39. The normalized spacial score (nSPS) is 20.1. The van der Waals surface area contributed by atoms with Crippen LogP contribution < -0.4 is 15.1 Å². The van der Waals surface area contributed by atoms with Gasteiger partial charge in [0.1, 0.15) is 32.2 Å².